The minimum atomic E-state index is -6.12. The van der Waals surface area contributed by atoms with Crippen molar-refractivity contribution in [3.8, 4) is 0 Å². The third kappa shape index (κ3) is 35.6. The summed E-state index contributed by atoms with van der Waals surface area (Å²) in [7, 11) is -82.3. The van der Waals surface area contributed by atoms with Crippen LogP contribution in [-0.4, -0.2) is 393 Å². The van der Waals surface area contributed by atoms with E-state index in [2.05, 4.69) is 0 Å². The molecule has 6 saturated heterocycles. The first kappa shape index (κ1) is 100. The number of rotatable bonds is 64. The molecule has 6 heterocycles. The molecule has 0 aromatic carbocycles. The Kier molecular flexibility index (Phi) is 42.6. The van der Waals surface area contributed by atoms with E-state index in [1.807, 2.05) is 0 Å². The van der Waals surface area contributed by atoms with Crippen LogP contribution >= 0.6 is 0 Å². The van der Waals surface area contributed by atoms with Gasteiger partial charge in [-0.2, -0.15) is 0 Å². The summed E-state index contributed by atoms with van der Waals surface area (Å²) >= 11 is 0. The lowest BCUT2D eigenvalue weighted by molar-refractivity contribution is -0.136. The predicted molar refractivity (Wildman–Crippen MR) is 398 cm³/mol. The third-order valence-corrected chi connectivity index (χ3v) is 68.2. The van der Waals surface area contributed by atoms with Crippen LogP contribution in [0.15, 0.2) is 0 Å². The van der Waals surface area contributed by atoms with E-state index in [-0.39, 0.29) is 211 Å². The zero-order chi connectivity index (χ0) is 80.1. The average Bonchev–Trinajstić information content (AvgIpc) is 0.678. The number of hydrogen-bond donors (Lipinski definition) is 8. The summed E-state index contributed by atoms with van der Waals surface area (Å²) in [6, 6.07) is 0. The Balaban J connectivity index is 2.15. The number of hydrogen-bond acceptors (Lipinski definition) is 44. The maximum absolute atomic E-state index is 9.72. The van der Waals surface area contributed by atoms with Crippen molar-refractivity contribution in [1.82, 2.24) is 0 Å². The SMILES string of the molecule is C[Si](C)(OCCOCCO)O[Si]12O[Si]3(O[Si](C)(C)OCCOCCO)O[Si]4(O[Si](C)(C)OCCOCCO)O[Si](O[Si](C)(C)OCCOCCO)(O1)O[Si]1(O[Si](C)(C)OCCOCCO)O[Si](O[Si](C)(C)OCCOCCO)(O2)O[Si](O[Si](C)(C)OCCOCCO)(O3)O[Si](O[Si](C)(C)OCCOCCO)(O4)O1. The van der Waals surface area contributed by atoms with Crippen molar-refractivity contribution in [1.29, 1.82) is 0 Å². The van der Waals surface area contributed by atoms with Crippen LogP contribution in [0.4, 0.5) is 0 Å². The molecule has 6 aliphatic rings. The number of aliphatic hydroxyl groups is 8. The van der Waals surface area contributed by atoms with Gasteiger partial charge in [-0.1, -0.05) is 0 Å². The lowest BCUT2D eigenvalue weighted by atomic mass is 10.7. The highest BCUT2D eigenvalue weighted by Crippen LogP contribution is 2.54. The molecule has 0 amide bonds. The van der Waals surface area contributed by atoms with Crippen LogP contribution in [-0.2, 0) is 156 Å². The lowest BCUT2D eigenvalue weighted by Crippen LogP contribution is -2.93. The Hall–Kier alpha value is 1.71. The summed E-state index contributed by atoms with van der Waals surface area (Å²) in [5, 5.41) is 77.7. The minimum absolute atomic E-state index is 0.0588. The second-order valence-electron chi connectivity index (χ2n) is 26.7. The average molecular weight is 1850 g/mol. The Morgan fingerprint density at radius 3 is 0.333 bits per heavy atom. The second-order valence-corrected chi connectivity index (χ2v) is 75.8. The molecule has 6 fully saturated rings. The highest BCUT2D eigenvalue weighted by molar-refractivity contribution is 7.03. The fraction of sp³-hybridized carbons (Fsp3) is 1.00. The summed E-state index contributed by atoms with van der Waals surface area (Å²) < 4.78 is 250. The van der Waals surface area contributed by atoms with Crippen molar-refractivity contribution in [3.63, 3.8) is 0 Å². The van der Waals surface area contributed by atoms with Crippen molar-refractivity contribution >= 4 is 141 Å². The van der Waals surface area contributed by atoms with Crippen molar-refractivity contribution in [2.75, 3.05) is 211 Å². The van der Waals surface area contributed by atoms with Gasteiger partial charge in [0.1, 0.15) is 0 Å². The minimum Gasteiger partial charge on any atom is -0.394 e. The fourth-order valence-electron chi connectivity index (χ4n) is 9.59. The van der Waals surface area contributed by atoms with Crippen LogP contribution in [0.2, 0.25) is 105 Å². The molecule has 0 atom stereocenters. The molecule has 6 aliphatic heterocycles. The van der Waals surface area contributed by atoms with Crippen molar-refractivity contribution in [2.45, 2.75) is 105 Å². The summed E-state index contributed by atoms with van der Waals surface area (Å²) in [5.41, 5.74) is 0. The van der Waals surface area contributed by atoms with Gasteiger partial charge in [-0.3, -0.25) is 0 Å². The molecule has 6 rings (SSSR count). The normalized spacial score (nSPS) is 27.3. The van der Waals surface area contributed by atoms with E-state index in [0.717, 1.165) is 0 Å². The molecule has 0 aliphatic carbocycles. The molecule has 108 heavy (non-hydrogen) atoms. The molecule has 8 bridgehead atoms. The van der Waals surface area contributed by atoms with Gasteiger partial charge in [0.2, 0.25) is 0 Å². The van der Waals surface area contributed by atoms with E-state index in [4.69, 9.17) is 156 Å². The first-order valence-corrected chi connectivity index (χ1v) is 70.9. The van der Waals surface area contributed by atoms with Crippen LogP contribution in [0.1, 0.15) is 0 Å². The molecule has 0 unspecified atom stereocenters. The highest BCUT2D eigenvalue weighted by Gasteiger charge is 2.93. The van der Waals surface area contributed by atoms with E-state index in [1.165, 1.54) is 0 Å². The zero-order valence-electron chi connectivity index (χ0n) is 64.9. The standard InChI is InChI=1S/C48H120O44Si16/c1-93(2,65-41-33-57-25-17-49)73-101-81-102(74-94(3,4)66-42-34-58-26-18-50)84-105(77-97(9,10)69-45-37-61-29-21-53)86-103(82-101,75-95(5,6)67-43-35-59-27-19-51)88-107(79-99(13,14)71-47-39-63-31-23-55)89-104(83-101,76-96(7,8)68-44-36-60-28-20-52)87-106(85-102,78-98(11,12)70-46-38-62-30-22-54)91-108(90-105,92-107)80-100(15,16)72-48-40-64-32-24-56/h49-56H,17-48H2,1-16H3. The van der Waals surface area contributed by atoms with Crippen LogP contribution in [0.25, 0.3) is 0 Å². The maximum Gasteiger partial charge on any atom is 0.653 e. The smallest absolute Gasteiger partial charge is 0.394 e. The maximum atomic E-state index is 9.72. The van der Waals surface area contributed by atoms with Crippen LogP contribution in [0.5, 0.6) is 0 Å². The Labute approximate surface area is 649 Å². The summed E-state index contributed by atoms with van der Waals surface area (Å²) in [6.45, 7) is 20.1. The molecule has 8 N–H and O–H groups in total. The highest BCUT2D eigenvalue weighted by atomic mass is 28.7. The van der Waals surface area contributed by atoms with Gasteiger partial charge in [0.05, 0.1) is 211 Å². The molecule has 0 radical (unpaired) electrons. The molecule has 0 saturated carbocycles. The molecule has 640 valence electrons. The van der Waals surface area contributed by atoms with Gasteiger partial charge in [-0.15, -0.1) is 0 Å². The van der Waals surface area contributed by atoms with E-state index in [1.54, 1.807) is 105 Å². The topological polar surface area (TPSA) is 494 Å². The van der Waals surface area contributed by atoms with Crippen LogP contribution in [0.3, 0.4) is 0 Å². The van der Waals surface area contributed by atoms with Crippen LogP contribution < -0.4 is 0 Å². The van der Waals surface area contributed by atoms with Gasteiger partial charge in [-0.25, -0.2) is 0 Å². The van der Waals surface area contributed by atoms with Crippen molar-refractivity contribution < 1.29 is 196 Å². The third-order valence-electron chi connectivity index (χ3n) is 13.3. The van der Waals surface area contributed by atoms with Crippen LogP contribution in [0, 0.1) is 0 Å². The van der Waals surface area contributed by atoms with Gasteiger partial charge in [-0.05, 0) is 105 Å². The van der Waals surface area contributed by atoms with E-state index < -0.39 is 141 Å². The Morgan fingerprint density at radius 1 is 0.157 bits per heavy atom. The molecule has 0 aromatic heterocycles. The molecular weight excluding hydrogens is 1730 g/mol. The molecule has 0 spiro atoms. The monoisotopic (exact) mass is 1850 g/mol. The summed E-state index contributed by atoms with van der Waals surface area (Å²) in [6.07, 6.45) is 0. The van der Waals surface area contributed by atoms with Gasteiger partial charge < -0.3 is 196 Å². The fourth-order valence-corrected chi connectivity index (χ4v) is 76.0. The van der Waals surface area contributed by atoms with Gasteiger partial charge >= 0.3 is 141 Å². The van der Waals surface area contributed by atoms with Gasteiger partial charge in [0, 0.05) is 0 Å². The Morgan fingerprint density at radius 2 is 0.250 bits per heavy atom. The molecular formula is C48H120O44Si16. The van der Waals surface area contributed by atoms with E-state index in [0.29, 0.717) is 0 Å². The quantitative estimate of drug-likeness (QED) is 0.0234. The second kappa shape index (κ2) is 45.9. The first-order chi connectivity index (χ1) is 50.6. The van der Waals surface area contributed by atoms with Crippen molar-refractivity contribution in [2.24, 2.45) is 0 Å². The predicted octanol–water partition coefficient (Wildman–Crippen LogP) is -2.31. The molecule has 0 aromatic rings. The van der Waals surface area contributed by atoms with Crippen molar-refractivity contribution in [3.05, 3.63) is 0 Å². The van der Waals surface area contributed by atoms with E-state index in [9.17, 15) is 40.9 Å². The summed E-state index contributed by atoms with van der Waals surface area (Å²) in [5.74, 6) is 0. The number of aliphatic hydroxyl groups excluding tert-OH is 8. The lowest BCUT2D eigenvalue weighted by Gasteiger charge is -2.60. The molecule has 44 nitrogen and oxygen atoms in total. The Bertz CT molecular complexity index is 1960. The summed E-state index contributed by atoms with van der Waals surface area (Å²) in [4.78, 5) is 0. The van der Waals surface area contributed by atoms with E-state index >= 15 is 0 Å². The van der Waals surface area contributed by atoms with Gasteiger partial charge in [0.25, 0.3) is 0 Å². The molecule has 60 heteroatoms. The first-order valence-electron chi connectivity index (χ1n) is 35.3. The van der Waals surface area contributed by atoms with Gasteiger partial charge in [0.15, 0.2) is 0 Å². The number of ether oxygens (including phenoxy) is 8. The largest absolute Gasteiger partial charge is 0.653 e. The zero-order valence-corrected chi connectivity index (χ0v) is 80.9.